The van der Waals surface area contributed by atoms with E-state index in [9.17, 15) is 4.79 Å². The molecule has 0 heterocycles. The van der Waals surface area contributed by atoms with E-state index >= 15 is 0 Å². The van der Waals surface area contributed by atoms with E-state index in [2.05, 4.69) is 11.3 Å². The summed E-state index contributed by atoms with van der Waals surface area (Å²) in [4.78, 5) is 11.5. The van der Waals surface area contributed by atoms with Gasteiger partial charge in [0.05, 0.1) is 22.7 Å². The molecule has 0 atom stereocenters. The number of ether oxygens (including phenoxy) is 1. The average molecular weight is 257 g/mol. The minimum Gasteiger partial charge on any atom is -0.465 e. The Hall–Kier alpha value is -1.25. The van der Waals surface area contributed by atoms with Crippen molar-refractivity contribution in [3.05, 3.63) is 52.5 Å². The minimum absolute atomic E-state index is 0.385. The Morgan fingerprint density at radius 2 is 2.06 bits per heavy atom. The summed E-state index contributed by atoms with van der Waals surface area (Å²) in [5.41, 5.74) is 1.03. The Labute approximate surface area is 104 Å². The predicted molar refractivity (Wildman–Crippen MR) is 66.7 cm³/mol. The molecular weight excluding hydrogens is 247 g/mol. The highest BCUT2D eigenvalue weighted by atomic mass is 35.5. The molecule has 1 aromatic carbocycles. The maximum Gasteiger partial charge on any atom is 0.338 e. The van der Waals surface area contributed by atoms with Crippen molar-refractivity contribution in [1.29, 1.82) is 0 Å². The zero-order valence-electron chi connectivity index (χ0n) is 8.67. The van der Waals surface area contributed by atoms with Crippen molar-refractivity contribution in [2.75, 3.05) is 7.11 Å². The quantitative estimate of drug-likeness (QED) is 0.468. The molecule has 1 aromatic rings. The van der Waals surface area contributed by atoms with E-state index < -0.39 is 5.97 Å². The molecule has 0 aliphatic heterocycles. The molecule has 0 aliphatic rings. The highest BCUT2D eigenvalue weighted by Gasteiger charge is 2.12. The van der Waals surface area contributed by atoms with Crippen LogP contribution in [-0.2, 0) is 9.53 Å². The van der Waals surface area contributed by atoms with Crippen molar-refractivity contribution in [2.24, 2.45) is 0 Å². The number of carbonyl (C=O) groups is 1. The number of esters is 1. The SMILES string of the molecule is C=C/C=C(/C(=O)OC)c1ccc(Cl)c(Cl)c1. The van der Waals surface area contributed by atoms with Gasteiger partial charge in [-0.25, -0.2) is 4.79 Å². The fourth-order valence-corrected chi connectivity index (χ4v) is 1.47. The molecule has 0 amide bonds. The van der Waals surface area contributed by atoms with Gasteiger partial charge in [-0.15, -0.1) is 0 Å². The molecule has 84 valence electrons. The molecule has 0 unspecified atom stereocenters. The largest absolute Gasteiger partial charge is 0.465 e. The minimum atomic E-state index is -0.446. The van der Waals surface area contributed by atoms with Gasteiger partial charge >= 0.3 is 5.97 Å². The molecule has 0 N–H and O–H groups in total. The van der Waals surface area contributed by atoms with Crippen LogP contribution in [0.15, 0.2) is 36.9 Å². The molecule has 0 spiro atoms. The first-order valence-electron chi connectivity index (χ1n) is 4.46. The number of carbonyl (C=O) groups excluding carboxylic acids is 1. The molecule has 1 rings (SSSR count). The van der Waals surface area contributed by atoms with Crippen LogP contribution in [0.5, 0.6) is 0 Å². The van der Waals surface area contributed by atoms with Crippen LogP contribution < -0.4 is 0 Å². The third kappa shape index (κ3) is 2.87. The van der Waals surface area contributed by atoms with Crippen molar-refractivity contribution in [1.82, 2.24) is 0 Å². The van der Waals surface area contributed by atoms with E-state index in [4.69, 9.17) is 23.2 Å². The lowest BCUT2D eigenvalue weighted by Gasteiger charge is -2.06. The van der Waals surface area contributed by atoms with Gasteiger partial charge in [0, 0.05) is 0 Å². The topological polar surface area (TPSA) is 26.3 Å². The van der Waals surface area contributed by atoms with E-state index in [1.807, 2.05) is 0 Å². The smallest absolute Gasteiger partial charge is 0.338 e. The van der Waals surface area contributed by atoms with Gasteiger partial charge in [-0.3, -0.25) is 0 Å². The Kier molecular flexibility index (Phi) is 4.59. The molecule has 0 bridgehead atoms. The van der Waals surface area contributed by atoms with Crippen molar-refractivity contribution < 1.29 is 9.53 Å². The first-order valence-corrected chi connectivity index (χ1v) is 5.22. The molecule has 0 fully saturated rings. The zero-order valence-corrected chi connectivity index (χ0v) is 10.2. The Morgan fingerprint density at radius 1 is 1.38 bits per heavy atom. The van der Waals surface area contributed by atoms with Crippen LogP contribution in [0, 0.1) is 0 Å². The second-order valence-electron chi connectivity index (χ2n) is 2.94. The molecule has 0 saturated heterocycles. The number of methoxy groups -OCH3 is 1. The van der Waals surface area contributed by atoms with Crippen LogP contribution in [0.4, 0.5) is 0 Å². The summed E-state index contributed by atoms with van der Waals surface area (Å²) in [5, 5.41) is 0.825. The van der Waals surface area contributed by atoms with Crippen LogP contribution in [0.25, 0.3) is 5.57 Å². The standard InChI is InChI=1S/C12H10Cl2O2/c1-3-4-9(12(15)16-2)8-5-6-10(13)11(14)7-8/h3-7H,1H2,2H3/b9-4+. The first-order chi connectivity index (χ1) is 7.60. The van der Waals surface area contributed by atoms with Crippen LogP contribution in [0.1, 0.15) is 5.56 Å². The molecule has 0 radical (unpaired) electrons. The van der Waals surface area contributed by atoms with E-state index in [1.54, 1.807) is 24.3 Å². The van der Waals surface area contributed by atoms with Crippen molar-refractivity contribution in [3.63, 3.8) is 0 Å². The number of allylic oxidation sites excluding steroid dienone is 2. The molecular formula is C12H10Cl2O2. The summed E-state index contributed by atoms with van der Waals surface area (Å²) in [6.45, 7) is 3.54. The van der Waals surface area contributed by atoms with Gasteiger partial charge in [-0.1, -0.05) is 41.9 Å². The van der Waals surface area contributed by atoms with Gasteiger partial charge in [0.25, 0.3) is 0 Å². The number of benzene rings is 1. The lowest BCUT2D eigenvalue weighted by molar-refractivity contribution is -0.133. The maximum absolute atomic E-state index is 11.5. The summed E-state index contributed by atoms with van der Waals surface area (Å²) in [5.74, 6) is -0.446. The lowest BCUT2D eigenvalue weighted by atomic mass is 10.1. The van der Waals surface area contributed by atoms with Gasteiger partial charge in [0.15, 0.2) is 0 Å². The summed E-state index contributed by atoms with van der Waals surface area (Å²) in [6.07, 6.45) is 3.07. The summed E-state index contributed by atoms with van der Waals surface area (Å²) in [6, 6.07) is 4.93. The molecule has 0 aromatic heterocycles. The number of hydrogen-bond acceptors (Lipinski definition) is 2. The normalized spacial score (nSPS) is 11.1. The molecule has 4 heteroatoms. The Bertz CT molecular complexity index is 450. The summed E-state index contributed by atoms with van der Waals surface area (Å²) >= 11 is 11.7. The Balaban J connectivity index is 3.22. The Morgan fingerprint density at radius 3 is 2.56 bits per heavy atom. The third-order valence-electron chi connectivity index (χ3n) is 1.92. The average Bonchev–Trinajstić information content (AvgIpc) is 2.29. The van der Waals surface area contributed by atoms with Gasteiger partial charge in [0.1, 0.15) is 0 Å². The van der Waals surface area contributed by atoms with Crippen LogP contribution in [-0.4, -0.2) is 13.1 Å². The van der Waals surface area contributed by atoms with Gasteiger partial charge in [0.2, 0.25) is 0 Å². The van der Waals surface area contributed by atoms with Crippen LogP contribution in [0.3, 0.4) is 0 Å². The van der Waals surface area contributed by atoms with E-state index in [-0.39, 0.29) is 0 Å². The lowest BCUT2D eigenvalue weighted by Crippen LogP contribution is -2.03. The molecule has 16 heavy (non-hydrogen) atoms. The fourth-order valence-electron chi connectivity index (χ4n) is 1.17. The number of hydrogen-bond donors (Lipinski definition) is 0. The van der Waals surface area contributed by atoms with Crippen molar-refractivity contribution in [3.8, 4) is 0 Å². The summed E-state index contributed by atoms with van der Waals surface area (Å²) < 4.78 is 4.66. The van der Waals surface area contributed by atoms with E-state index in [0.29, 0.717) is 21.2 Å². The molecule has 0 aliphatic carbocycles. The van der Waals surface area contributed by atoms with Crippen LogP contribution >= 0.6 is 23.2 Å². The predicted octanol–water partition coefficient (Wildman–Crippen LogP) is 3.74. The van der Waals surface area contributed by atoms with Gasteiger partial charge in [-0.2, -0.15) is 0 Å². The third-order valence-corrected chi connectivity index (χ3v) is 2.66. The highest BCUT2D eigenvalue weighted by molar-refractivity contribution is 6.42. The second kappa shape index (κ2) is 5.73. The fraction of sp³-hybridized carbons (Fsp3) is 0.0833. The zero-order chi connectivity index (χ0) is 12.1. The van der Waals surface area contributed by atoms with E-state index in [0.717, 1.165) is 0 Å². The van der Waals surface area contributed by atoms with Crippen molar-refractivity contribution >= 4 is 34.7 Å². The second-order valence-corrected chi connectivity index (χ2v) is 3.75. The monoisotopic (exact) mass is 256 g/mol. The highest BCUT2D eigenvalue weighted by Crippen LogP contribution is 2.26. The molecule has 0 saturated carbocycles. The van der Waals surface area contributed by atoms with Gasteiger partial charge in [-0.05, 0) is 23.8 Å². The van der Waals surface area contributed by atoms with Crippen LogP contribution in [0.2, 0.25) is 10.0 Å². The summed E-state index contributed by atoms with van der Waals surface area (Å²) in [7, 11) is 1.32. The number of rotatable bonds is 3. The van der Waals surface area contributed by atoms with E-state index in [1.165, 1.54) is 13.2 Å². The first kappa shape index (κ1) is 12.8. The number of halogens is 2. The van der Waals surface area contributed by atoms with Crippen molar-refractivity contribution in [2.45, 2.75) is 0 Å². The molecule has 2 nitrogen and oxygen atoms in total. The van der Waals surface area contributed by atoms with Gasteiger partial charge < -0.3 is 4.74 Å². The maximum atomic E-state index is 11.5.